The second-order valence-corrected chi connectivity index (χ2v) is 18.0. The number of hydrogen-bond donors (Lipinski definition) is 2. The standard InChI is InChI=1S/C49H32I3N3O2/c1-49(2,56)28-27-29-3-5-32(6-4-29)47-41-23-21-39(54-41)45(30-7-13-34(50)14-8-30)37-19-20-38(53-37)46(31-9-15-35(51)16-10-31)40-22-24-42(55-40)48(44-26-25-43(47)57-44)33-11-17-36(52)18-12-33/h3-26,53,56H,1-2H3. The Morgan fingerprint density at radius 3 is 1.23 bits per heavy atom. The third-order valence-electron chi connectivity index (χ3n) is 9.71. The lowest BCUT2D eigenvalue weighted by atomic mass is 10.0. The van der Waals surface area contributed by atoms with Crippen LogP contribution in [-0.2, 0) is 0 Å². The van der Waals surface area contributed by atoms with Gasteiger partial charge in [-0.15, -0.1) is 0 Å². The van der Waals surface area contributed by atoms with Crippen molar-refractivity contribution in [3.05, 3.63) is 160 Å². The lowest BCUT2D eigenvalue weighted by Crippen LogP contribution is -2.14. The quantitative estimate of drug-likeness (QED) is 0.136. The van der Waals surface area contributed by atoms with Crippen LogP contribution in [0.15, 0.2) is 126 Å². The molecule has 57 heavy (non-hydrogen) atoms. The number of nitrogens with zero attached hydrogens (tertiary/aromatic N) is 2. The first-order valence-electron chi connectivity index (χ1n) is 18.3. The second kappa shape index (κ2) is 15.5. The first kappa shape index (κ1) is 37.7. The Hall–Kier alpha value is -4.81. The molecule has 5 nitrogen and oxygen atoms in total. The number of fused-ring (bicyclic) bond motifs is 8. The minimum Gasteiger partial charge on any atom is -0.456 e. The molecule has 0 aliphatic carbocycles. The highest BCUT2D eigenvalue weighted by Crippen LogP contribution is 2.39. The van der Waals surface area contributed by atoms with E-state index in [1.165, 1.54) is 0 Å². The van der Waals surface area contributed by atoms with Crippen LogP contribution in [0, 0.1) is 22.6 Å². The molecule has 0 saturated carbocycles. The number of hydrogen-bond acceptors (Lipinski definition) is 4. The predicted octanol–water partition coefficient (Wildman–Crippen LogP) is 13.5. The number of furan rings is 1. The molecule has 0 spiro atoms. The van der Waals surface area contributed by atoms with Gasteiger partial charge < -0.3 is 14.5 Å². The normalized spacial score (nSPS) is 12.1. The van der Waals surface area contributed by atoms with Crippen LogP contribution < -0.4 is 0 Å². The van der Waals surface area contributed by atoms with Gasteiger partial charge in [0.2, 0.25) is 0 Å². The molecule has 0 atom stereocenters. The molecule has 5 heterocycles. The molecule has 276 valence electrons. The van der Waals surface area contributed by atoms with E-state index in [0.29, 0.717) is 11.2 Å². The Kier molecular flexibility index (Phi) is 10.3. The fourth-order valence-corrected chi connectivity index (χ4v) is 8.16. The van der Waals surface area contributed by atoms with Gasteiger partial charge in [-0.1, -0.05) is 60.4 Å². The monoisotopic (exact) mass is 1070 g/mol. The van der Waals surface area contributed by atoms with E-state index >= 15 is 0 Å². The Bertz CT molecular complexity index is 2950. The fraction of sp³-hybridized carbons (Fsp3) is 0.0612. The van der Waals surface area contributed by atoms with Crippen molar-refractivity contribution in [2.45, 2.75) is 19.4 Å². The molecule has 8 bridgehead atoms. The van der Waals surface area contributed by atoms with Crippen LogP contribution in [0.1, 0.15) is 42.2 Å². The summed E-state index contributed by atoms with van der Waals surface area (Å²) in [6.45, 7) is 3.36. The van der Waals surface area contributed by atoms with E-state index in [-0.39, 0.29) is 0 Å². The molecule has 2 aliphatic heterocycles. The molecule has 8 heteroatoms. The van der Waals surface area contributed by atoms with Gasteiger partial charge in [-0.3, -0.25) is 0 Å². The smallest absolute Gasteiger partial charge is 0.137 e. The Morgan fingerprint density at radius 1 is 0.491 bits per heavy atom. The van der Waals surface area contributed by atoms with Crippen molar-refractivity contribution in [2.24, 2.45) is 0 Å². The van der Waals surface area contributed by atoms with Crippen LogP contribution in [0.4, 0.5) is 0 Å². The summed E-state index contributed by atoms with van der Waals surface area (Å²) in [6.07, 6.45) is 8.35. The van der Waals surface area contributed by atoms with Crippen LogP contribution in [0.2, 0.25) is 0 Å². The third kappa shape index (κ3) is 7.90. The zero-order valence-electron chi connectivity index (χ0n) is 30.7. The summed E-state index contributed by atoms with van der Waals surface area (Å²) in [5, 5.41) is 10.2. The molecule has 0 amide bonds. The summed E-state index contributed by atoms with van der Waals surface area (Å²) in [5.74, 6) is 6.02. The number of benzene rings is 4. The van der Waals surface area contributed by atoms with E-state index < -0.39 is 5.60 Å². The van der Waals surface area contributed by atoms with Crippen LogP contribution >= 0.6 is 67.8 Å². The second-order valence-electron chi connectivity index (χ2n) is 14.3. The largest absolute Gasteiger partial charge is 0.456 e. The highest BCUT2D eigenvalue weighted by atomic mass is 127. The molecule has 0 saturated heterocycles. The summed E-state index contributed by atoms with van der Waals surface area (Å²) in [4.78, 5) is 14.6. The van der Waals surface area contributed by atoms with Gasteiger partial charge in [-0.05, 0) is 201 Å². The molecule has 3 aromatic heterocycles. The molecule has 7 aromatic rings. The number of aromatic nitrogens is 3. The van der Waals surface area contributed by atoms with E-state index in [2.05, 4.69) is 194 Å². The fourth-order valence-electron chi connectivity index (χ4n) is 7.09. The average molecular weight is 1080 g/mol. The first-order valence-corrected chi connectivity index (χ1v) is 21.5. The lowest BCUT2D eigenvalue weighted by molar-refractivity contribution is 0.143. The van der Waals surface area contributed by atoms with E-state index in [0.717, 1.165) is 94.6 Å². The molecule has 9 rings (SSSR count). The Morgan fingerprint density at radius 2 is 0.842 bits per heavy atom. The molecular weight excluding hydrogens is 1040 g/mol. The molecule has 2 aliphatic rings. The van der Waals surface area contributed by atoms with E-state index in [9.17, 15) is 5.11 Å². The molecule has 4 aromatic carbocycles. The molecule has 0 fully saturated rings. The van der Waals surface area contributed by atoms with Crippen LogP contribution in [0.5, 0.6) is 0 Å². The van der Waals surface area contributed by atoms with Gasteiger partial charge >= 0.3 is 0 Å². The number of H-pyrrole nitrogens is 1. The van der Waals surface area contributed by atoms with Crippen LogP contribution in [0.3, 0.4) is 0 Å². The van der Waals surface area contributed by atoms with Gasteiger partial charge in [0.15, 0.2) is 0 Å². The van der Waals surface area contributed by atoms with Crippen molar-refractivity contribution < 1.29 is 9.52 Å². The SMILES string of the molecule is CC(C)(O)C#Cc1ccc(-c2c3nc(c(-c4ccc(I)cc4)c4ccc([nH]4)c(-c4ccc(I)cc4)c4nc(c(-c5ccc(I)cc5)c5ccc2o5)C=C4)C=C3)cc1. The van der Waals surface area contributed by atoms with Gasteiger partial charge in [0.25, 0.3) is 0 Å². The molecular formula is C49H32I3N3O2. The van der Waals surface area contributed by atoms with Crippen molar-refractivity contribution in [3.8, 4) is 56.3 Å². The van der Waals surface area contributed by atoms with Crippen molar-refractivity contribution in [2.75, 3.05) is 0 Å². The minimum atomic E-state index is -1.09. The number of rotatable bonds is 4. The number of halogens is 3. The first-order chi connectivity index (χ1) is 27.6. The summed E-state index contributed by atoms with van der Waals surface area (Å²) in [5.41, 5.74) is 14.0. The van der Waals surface area contributed by atoms with Crippen LogP contribution in [-0.4, -0.2) is 25.7 Å². The van der Waals surface area contributed by atoms with Crippen molar-refractivity contribution in [1.82, 2.24) is 15.0 Å². The topological polar surface area (TPSA) is 74.9 Å². The average Bonchev–Trinajstić information content (AvgIpc) is 4.04. The summed E-state index contributed by atoms with van der Waals surface area (Å²) in [6, 6.07) is 42.0. The predicted molar refractivity (Wildman–Crippen MR) is 260 cm³/mol. The molecule has 0 unspecified atom stereocenters. The van der Waals surface area contributed by atoms with E-state index in [1.807, 2.05) is 36.4 Å². The third-order valence-corrected chi connectivity index (χ3v) is 11.9. The lowest BCUT2D eigenvalue weighted by Gasteiger charge is -2.07. The van der Waals surface area contributed by atoms with Crippen molar-refractivity contribution in [3.63, 3.8) is 0 Å². The zero-order chi connectivity index (χ0) is 39.3. The van der Waals surface area contributed by atoms with Gasteiger partial charge in [-0.25, -0.2) is 9.97 Å². The van der Waals surface area contributed by atoms with Crippen molar-refractivity contribution >= 4 is 114 Å². The summed E-state index contributed by atoms with van der Waals surface area (Å²) in [7, 11) is 0. The minimum absolute atomic E-state index is 0.677. The Balaban J connectivity index is 1.42. The van der Waals surface area contributed by atoms with Gasteiger partial charge in [-0.2, -0.15) is 0 Å². The maximum atomic E-state index is 10.2. The maximum absolute atomic E-state index is 10.2. The van der Waals surface area contributed by atoms with Crippen LogP contribution in [0.25, 0.3) is 91.0 Å². The number of nitrogens with one attached hydrogen (secondary N) is 1. The maximum Gasteiger partial charge on any atom is 0.137 e. The number of aromatic amines is 1. The van der Waals surface area contributed by atoms with E-state index in [1.54, 1.807) is 13.8 Å². The van der Waals surface area contributed by atoms with Gasteiger partial charge in [0, 0.05) is 38.4 Å². The number of aliphatic hydroxyl groups is 1. The van der Waals surface area contributed by atoms with Gasteiger partial charge in [0.1, 0.15) is 16.8 Å². The summed E-state index contributed by atoms with van der Waals surface area (Å²) < 4.78 is 10.4. The van der Waals surface area contributed by atoms with E-state index in [4.69, 9.17) is 14.4 Å². The Labute approximate surface area is 371 Å². The summed E-state index contributed by atoms with van der Waals surface area (Å²) >= 11 is 7.03. The highest BCUT2D eigenvalue weighted by Gasteiger charge is 2.20. The molecule has 2 N–H and O–H groups in total. The van der Waals surface area contributed by atoms with Gasteiger partial charge in [0.05, 0.1) is 33.9 Å². The van der Waals surface area contributed by atoms with Crippen molar-refractivity contribution in [1.29, 1.82) is 0 Å². The zero-order valence-corrected chi connectivity index (χ0v) is 37.2. The molecule has 0 radical (unpaired) electrons. The highest BCUT2D eigenvalue weighted by molar-refractivity contribution is 14.1.